The van der Waals surface area contributed by atoms with E-state index in [0.717, 1.165) is 17.7 Å². The first-order valence-electron chi connectivity index (χ1n) is 10.9. The number of carbonyl (C=O) groups excluding carboxylic acids is 1. The lowest BCUT2D eigenvalue weighted by Crippen LogP contribution is -2.50. The summed E-state index contributed by atoms with van der Waals surface area (Å²) >= 11 is 0. The van der Waals surface area contributed by atoms with Gasteiger partial charge in [0.25, 0.3) is 5.91 Å². The van der Waals surface area contributed by atoms with Crippen LogP contribution in [0.5, 0.6) is 0 Å². The Kier molecular flexibility index (Phi) is 6.43. The van der Waals surface area contributed by atoms with Gasteiger partial charge in [0.2, 0.25) is 10.0 Å². The van der Waals surface area contributed by atoms with Crippen molar-refractivity contribution < 1.29 is 13.2 Å². The van der Waals surface area contributed by atoms with Gasteiger partial charge in [0.05, 0.1) is 10.6 Å². The smallest absolute Gasteiger partial charge is 0.253 e. The quantitative estimate of drug-likeness (QED) is 0.573. The highest BCUT2D eigenvalue weighted by Crippen LogP contribution is 2.23. The van der Waals surface area contributed by atoms with Crippen molar-refractivity contribution in [3.05, 3.63) is 78.1 Å². The Bertz CT molecular complexity index is 1150. The lowest BCUT2D eigenvalue weighted by molar-refractivity contribution is 0.0698. The number of nitrogens with zero attached hydrogens (tertiary/aromatic N) is 4. The van der Waals surface area contributed by atoms with Gasteiger partial charge in [0, 0.05) is 44.1 Å². The normalized spacial score (nSPS) is 16.1. The molecule has 0 saturated carbocycles. The maximum Gasteiger partial charge on any atom is 0.253 e. The van der Waals surface area contributed by atoms with Crippen LogP contribution >= 0.6 is 0 Å². The molecule has 0 bridgehead atoms. The molecule has 0 spiro atoms. The molecule has 0 N–H and O–H groups in total. The first kappa shape index (κ1) is 22.2. The third-order valence-electron chi connectivity index (χ3n) is 6.11. The standard InChI is InChI=1S/C24H28N4O3S/c1-3-19(2)20-7-11-23(12-8-20)32(30,31)27-17-15-26(16-18-27)24(29)21-5-9-22(10-6-21)28-14-4-13-25-28/h4-14,19H,3,15-18H2,1-2H3/t19-/m0/s1. The number of piperazine rings is 1. The van der Waals surface area contributed by atoms with E-state index in [-0.39, 0.29) is 19.0 Å². The number of sulfonamides is 1. The Balaban J connectivity index is 1.39. The fourth-order valence-electron chi connectivity index (χ4n) is 3.85. The monoisotopic (exact) mass is 452 g/mol. The number of rotatable bonds is 6. The van der Waals surface area contributed by atoms with Crippen LogP contribution in [0.1, 0.15) is 42.1 Å². The molecule has 2 heterocycles. The Hall–Kier alpha value is -2.97. The zero-order chi connectivity index (χ0) is 22.7. The van der Waals surface area contributed by atoms with E-state index < -0.39 is 10.0 Å². The molecule has 1 fully saturated rings. The van der Waals surface area contributed by atoms with Gasteiger partial charge >= 0.3 is 0 Å². The molecular formula is C24H28N4O3S. The van der Waals surface area contributed by atoms with Crippen LogP contribution in [0.2, 0.25) is 0 Å². The van der Waals surface area contributed by atoms with E-state index in [2.05, 4.69) is 18.9 Å². The van der Waals surface area contributed by atoms with Crippen LogP contribution in [-0.4, -0.2) is 59.5 Å². The highest BCUT2D eigenvalue weighted by atomic mass is 32.2. The number of aromatic nitrogens is 2. The van der Waals surface area contributed by atoms with E-state index >= 15 is 0 Å². The SMILES string of the molecule is CC[C@H](C)c1ccc(S(=O)(=O)N2CCN(C(=O)c3ccc(-n4cccn4)cc3)CC2)cc1. The maximum absolute atomic E-state index is 13.0. The van der Waals surface area contributed by atoms with Crippen molar-refractivity contribution in [3.63, 3.8) is 0 Å². The summed E-state index contributed by atoms with van der Waals surface area (Å²) in [5.41, 5.74) is 2.60. The summed E-state index contributed by atoms with van der Waals surface area (Å²) < 4.78 is 29.3. The summed E-state index contributed by atoms with van der Waals surface area (Å²) in [6.45, 7) is 5.54. The van der Waals surface area contributed by atoms with E-state index in [1.807, 2.05) is 36.5 Å². The largest absolute Gasteiger partial charge is 0.336 e. The zero-order valence-corrected chi connectivity index (χ0v) is 19.2. The van der Waals surface area contributed by atoms with Gasteiger partial charge in [-0.25, -0.2) is 13.1 Å². The summed E-state index contributed by atoms with van der Waals surface area (Å²) in [6, 6.07) is 16.3. The van der Waals surface area contributed by atoms with E-state index in [0.29, 0.717) is 29.5 Å². The molecule has 8 heteroatoms. The van der Waals surface area contributed by atoms with Crippen LogP contribution in [0, 0.1) is 0 Å². The lowest BCUT2D eigenvalue weighted by atomic mass is 9.99. The number of hydrogen-bond acceptors (Lipinski definition) is 4. The van der Waals surface area contributed by atoms with E-state index in [9.17, 15) is 13.2 Å². The molecule has 32 heavy (non-hydrogen) atoms. The average Bonchev–Trinajstić information content (AvgIpc) is 3.38. The Morgan fingerprint density at radius 1 is 1.00 bits per heavy atom. The third kappa shape index (κ3) is 4.47. The minimum absolute atomic E-state index is 0.0908. The predicted octanol–water partition coefficient (Wildman–Crippen LogP) is 3.53. The van der Waals surface area contributed by atoms with Crippen molar-refractivity contribution in [2.45, 2.75) is 31.1 Å². The third-order valence-corrected chi connectivity index (χ3v) is 8.02. The van der Waals surface area contributed by atoms with Gasteiger partial charge in [0.1, 0.15) is 0 Å². The molecule has 1 aliphatic rings. The average molecular weight is 453 g/mol. The van der Waals surface area contributed by atoms with Crippen LogP contribution in [0.15, 0.2) is 71.9 Å². The first-order valence-corrected chi connectivity index (χ1v) is 12.3. The van der Waals surface area contributed by atoms with Gasteiger partial charge in [-0.1, -0.05) is 26.0 Å². The second-order valence-corrected chi connectivity index (χ2v) is 10.0. The van der Waals surface area contributed by atoms with E-state index in [1.54, 1.807) is 40.0 Å². The highest BCUT2D eigenvalue weighted by Gasteiger charge is 2.30. The second kappa shape index (κ2) is 9.26. The van der Waals surface area contributed by atoms with Crippen molar-refractivity contribution in [2.24, 2.45) is 0 Å². The molecule has 3 aromatic rings. The Morgan fingerprint density at radius 2 is 1.66 bits per heavy atom. The fourth-order valence-corrected chi connectivity index (χ4v) is 5.27. The minimum atomic E-state index is -3.57. The maximum atomic E-state index is 13.0. The van der Waals surface area contributed by atoms with Gasteiger partial charge in [-0.15, -0.1) is 0 Å². The molecule has 0 aliphatic carbocycles. The first-order chi connectivity index (χ1) is 15.4. The number of amides is 1. The van der Waals surface area contributed by atoms with Crippen LogP contribution in [0.3, 0.4) is 0 Å². The van der Waals surface area contributed by atoms with Crippen molar-refractivity contribution in [1.29, 1.82) is 0 Å². The van der Waals surface area contributed by atoms with Gasteiger partial charge < -0.3 is 4.90 Å². The molecule has 7 nitrogen and oxygen atoms in total. The Labute approximate surface area is 189 Å². The van der Waals surface area contributed by atoms with Crippen LogP contribution in [-0.2, 0) is 10.0 Å². The summed E-state index contributed by atoms with van der Waals surface area (Å²) in [5.74, 6) is 0.307. The topological polar surface area (TPSA) is 75.5 Å². The van der Waals surface area contributed by atoms with Gasteiger partial charge in [-0.3, -0.25) is 4.79 Å². The highest BCUT2D eigenvalue weighted by molar-refractivity contribution is 7.89. The number of benzene rings is 2. The second-order valence-electron chi connectivity index (χ2n) is 8.07. The van der Waals surface area contributed by atoms with Crippen molar-refractivity contribution >= 4 is 15.9 Å². The Morgan fingerprint density at radius 3 is 2.22 bits per heavy atom. The molecule has 1 aliphatic heterocycles. The van der Waals surface area contributed by atoms with Crippen LogP contribution in [0.4, 0.5) is 0 Å². The van der Waals surface area contributed by atoms with Gasteiger partial charge in [-0.2, -0.15) is 9.40 Å². The molecule has 1 saturated heterocycles. The molecule has 0 radical (unpaired) electrons. The lowest BCUT2D eigenvalue weighted by Gasteiger charge is -2.34. The molecule has 4 rings (SSSR count). The number of carbonyl (C=O) groups is 1. The minimum Gasteiger partial charge on any atom is -0.336 e. The fraction of sp³-hybridized carbons (Fsp3) is 0.333. The number of hydrogen-bond donors (Lipinski definition) is 0. The van der Waals surface area contributed by atoms with Crippen molar-refractivity contribution in [2.75, 3.05) is 26.2 Å². The van der Waals surface area contributed by atoms with E-state index in [4.69, 9.17) is 0 Å². The molecule has 2 aromatic carbocycles. The van der Waals surface area contributed by atoms with E-state index in [1.165, 1.54) is 4.31 Å². The summed E-state index contributed by atoms with van der Waals surface area (Å²) in [7, 11) is -3.57. The zero-order valence-electron chi connectivity index (χ0n) is 18.4. The van der Waals surface area contributed by atoms with Crippen molar-refractivity contribution in [3.8, 4) is 5.69 Å². The van der Waals surface area contributed by atoms with Crippen LogP contribution in [0.25, 0.3) is 5.69 Å². The van der Waals surface area contributed by atoms with Gasteiger partial charge in [0.15, 0.2) is 0 Å². The predicted molar refractivity (Wildman–Crippen MR) is 123 cm³/mol. The summed E-state index contributed by atoms with van der Waals surface area (Å²) in [5, 5.41) is 4.18. The molecule has 1 amide bonds. The molecular weight excluding hydrogens is 424 g/mol. The molecule has 1 atom stereocenters. The van der Waals surface area contributed by atoms with Crippen LogP contribution < -0.4 is 0 Å². The molecule has 0 unspecified atom stereocenters. The molecule has 168 valence electrons. The summed E-state index contributed by atoms with van der Waals surface area (Å²) in [6.07, 6.45) is 4.55. The summed E-state index contributed by atoms with van der Waals surface area (Å²) in [4.78, 5) is 14.9. The van der Waals surface area contributed by atoms with Gasteiger partial charge in [-0.05, 0) is 60.4 Å². The molecule has 1 aromatic heterocycles. The van der Waals surface area contributed by atoms with Crippen molar-refractivity contribution in [1.82, 2.24) is 19.0 Å².